The summed E-state index contributed by atoms with van der Waals surface area (Å²) in [5.41, 5.74) is 1.45. The van der Waals surface area contributed by atoms with Gasteiger partial charge in [-0.05, 0) is 44.2 Å². The number of carboxylic acids is 1. The van der Waals surface area contributed by atoms with Gasteiger partial charge in [0.2, 0.25) is 15.9 Å². The topological polar surface area (TPSA) is 121 Å². The molecule has 3 heterocycles. The van der Waals surface area contributed by atoms with E-state index in [9.17, 15) is 23.1 Å². The van der Waals surface area contributed by atoms with Gasteiger partial charge in [-0.3, -0.25) is 4.79 Å². The highest BCUT2D eigenvalue weighted by Crippen LogP contribution is 2.42. The van der Waals surface area contributed by atoms with E-state index in [0.717, 1.165) is 53.9 Å². The Morgan fingerprint density at radius 2 is 1.84 bits per heavy atom. The highest BCUT2D eigenvalue weighted by molar-refractivity contribution is 7.89. The maximum absolute atomic E-state index is 13.8. The van der Waals surface area contributed by atoms with Crippen molar-refractivity contribution in [3.63, 3.8) is 0 Å². The van der Waals surface area contributed by atoms with E-state index in [0.29, 0.717) is 5.69 Å². The van der Waals surface area contributed by atoms with Gasteiger partial charge in [-0.1, -0.05) is 54.8 Å². The van der Waals surface area contributed by atoms with Crippen molar-refractivity contribution in [2.45, 2.75) is 56.9 Å². The van der Waals surface area contributed by atoms with Gasteiger partial charge in [0, 0.05) is 11.4 Å². The zero-order chi connectivity index (χ0) is 26.3. The summed E-state index contributed by atoms with van der Waals surface area (Å²) in [5.74, 6) is -1.30. The Hall–Kier alpha value is -3.02. The second-order valence-corrected chi connectivity index (χ2v) is 12.6. The van der Waals surface area contributed by atoms with E-state index in [1.807, 2.05) is 30.3 Å². The summed E-state index contributed by atoms with van der Waals surface area (Å²) in [6.45, 7) is 2.80. The zero-order valence-electron chi connectivity index (χ0n) is 20.7. The number of hydrogen-bond donors (Lipinski definition) is 1. The number of carbonyl (C=O) groups excluding carboxylic acids is 1. The fourth-order valence-electron chi connectivity index (χ4n) is 5.57. The number of carbonyl (C=O) groups is 2. The van der Waals surface area contributed by atoms with Crippen LogP contribution in [0.4, 0.5) is 5.69 Å². The van der Waals surface area contributed by atoms with Crippen molar-refractivity contribution in [1.29, 1.82) is 0 Å². The molecule has 1 aromatic carbocycles. The standard InChI is InChI=1S/C26H29N3O6S2/c1-16-25(17(2)35-27-16)37(33,34)28-14-21(18-9-5-3-6-10-18)29(23(30)15-28)20-13-22(36-24(20)26(31)32)19-11-7-4-8-12-19/h4,7-8,11-13,18,21H,3,5-6,9-10,14-15H2,1-2H3,(H,31,32). The molecule has 1 atom stereocenters. The number of sulfonamides is 1. The molecule has 2 aromatic heterocycles. The Kier molecular flexibility index (Phi) is 6.95. The number of carboxylic acid groups (broad SMARTS) is 1. The van der Waals surface area contributed by atoms with Crippen molar-refractivity contribution in [3.05, 3.63) is 52.7 Å². The molecule has 1 saturated heterocycles. The van der Waals surface area contributed by atoms with Gasteiger partial charge >= 0.3 is 5.97 Å². The minimum atomic E-state index is -4.04. The molecule has 0 radical (unpaired) electrons. The molecule has 0 bridgehead atoms. The maximum atomic E-state index is 13.8. The molecular formula is C26H29N3O6S2. The number of amides is 1. The summed E-state index contributed by atoms with van der Waals surface area (Å²) in [5, 5.41) is 13.8. The van der Waals surface area contributed by atoms with Crippen LogP contribution in [-0.2, 0) is 14.8 Å². The minimum Gasteiger partial charge on any atom is -0.477 e. The summed E-state index contributed by atoms with van der Waals surface area (Å²) in [6, 6.07) is 10.7. The molecule has 2 fully saturated rings. The number of nitrogens with zero attached hydrogens (tertiary/aromatic N) is 3. The predicted molar refractivity (Wildman–Crippen MR) is 139 cm³/mol. The van der Waals surface area contributed by atoms with E-state index in [-0.39, 0.29) is 40.2 Å². The van der Waals surface area contributed by atoms with Crippen molar-refractivity contribution < 1.29 is 27.6 Å². The van der Waals surface area contributed by atoms with E-state index < -0.39 is 27.9 Å². The molecule has 1 amide bonds. The molecule has 196 valence electrons. The Labute approximate surface area is 219 Å². The van der Waals surface area contributed by atoms with Crippen LogP contribution in [0.5, 0.6) is 0 Å². The number of piperazine rings is 1. The first-order chi connectivity index (χ1) is 17.7. The molecule has 37 heavy (non-hydrogen) atoms. The predicted octanol–water partition coefficient (Wildman–Crippen LogP) is 4.70. The van der Waals surface area contributed by atoms with Gasteiger partial charge in [0.25, 0.3) is 0 Å². The fraction of sp³-hybridized carbons (Fsp3) is 0.423. The van der Waals surface area contributed by atoms with Gasteiger partial charge in [-0.2, -0.15) is 4.31 Å². The maximum Gasteiger partial charge on any atom is 0.348 e. The van der Waals surface area contributed by atoms with Gasteiger partial charge in [0.1, 0.15) is 15.5 Å². The average molecular weight is 544 g/mol. The quantitative estimate of drug-likeness (QED) is 0.478. The monoisotopic (exact) mass is 543 g/mol. The highest BCUT2D eigenvalue weighted by Gasteiger charge is 2.45. The van der Waals surface area contributed by atoms with E-state index in [1.54, 1.807) is 24.8 Å². The first kappa shape index (κ1) is 25.6. The van der Waals surface area contributed by atoms with E-state index >= 15 is 0 Å². The van der Waals surface area contributed by atoms with Crippen LogP contribution in [0.1, 0.15) is 53.2 Å². The van der Waals surface area contributed by atoms with Crippen LogP contribution in [0.15, 0.2) is 45.8 Å². The van der Waals surface area contributed by atoms with Crippen molar-refractivity contribution in [3.8, 4) is 10.4 Å². The molecule has 1 N–H and O–H groups in total. The van der Waals surface area contributed by atoms with Crippen molar-refractivity contribution in [1.82, 2.24) is 9.46 Å². The summed E-state index contributed by atoms with van der Waals surface area (Å²) < 4.78 is 33.6. The van der Waals surface area contributed by atoms with Crippen LogP contribution in [0.3, 0.4) is 0 Å². The smallest absolute Gasteiger partial charge is 0.348 e. The van der Waals surface area contributed by atoms with E-state index in [4.69, 9.17) is 4.52 Å². The van der Waals surface area contributed by atoms with Gasteiger partial charge in [-0.15, -0.1) is 11.3 Å². The third kappa shape index (κ3) is 4.71. The van der Waals surface area contributed by atoms with Crippen molar-refractivity contribution in [2.24, 2.45) is 5.92 Å². The molecule has 1 aliphatic carbocycles. The van der Waals surface area contributed by atoms with Crippen molar-refractivity contribution >= 4 is 38.9 Å². The van der Waals surface area contributed by atoms with Gasteiger partial charge < -0.3 is 14.5 Å². The summed E-state index contributed by atoms with van der Waals surface area (Å²) in [6.07, 6.45) is 4.78. The molecule has 1 saturated carbocycles. The highest BCUT2D eigenvalue weighted by atomic mass is 32.2. The minimum absolute atomic E-state index is 0.00994. The second kappa shape index (κ2) is 10.0. The molecular weight excluding hydrogens is 514 g/mol. The third-order valence-electron chi connectivity index (χ3n) is 7.29. The molecule has 9 nitrogen and oxygen atoms in total. The van der Waals surface area contributed by atoms with Crippen LogP contribution in [0.2, 0.25) is 0 Å². The number of rotatable bonds is 6. The molecule has 0 spiro atoms. The molecule has 1 aliphatic heterocycles. The molecule has 2 aliphatic rings. The number of anilines is 1. The second-order valence-electron chi connectivity index (χ2n) is 9.68. The number of aromatic carboxylic acids is 1. The van der Waals surface area contributed by atoms with E-state index in [1.165, 1.54) is 4.31 Å². The summed E-state index contributed by atoms with van der Waals surface area (Å²) in [4.78, 5) is 28.4. The van der Waals surface area contributed by atoms with Crippen LogP contribution in [-0.4, -0.2) is 54.0 Å². The lowest BCUT2D eigenvalue weighted by molar-refractivity contribution is -0.121. The van der Waals surface area contributed by atoms with Gasteiger partial charge in [-0.25, -0.2) is 13.2 Å². The lowest BCUT2D eigenvalue weighted by Gasteiger charge is -2.44. The zero-order valence-corrected chi connectivity index (χ0v) is 22.3. The Morgan fingerprint density at radius 1 is 1.14 bits per heavy atom. The number of thiophene rings is 1. The summed E-state index contributed by atoms with van der Waals surface area (Å²) >= 11 is 1.13. The fourth-order valence-corrected chi connectivity index (χ4v) is 8.26. The first-order valence-corrected chi connectivity index (χ1v) is 14.6. The largest absolute Gasteiger partial charge is 0.477 e. The number of hydrogen-bond acceptors (Lipinski definition) is 7. The molecule has 11 heteroatoms. The molecule has 5 rings (SSSR count). The number of benzene rings is 1. The number of aromatic nitrogens is 1. The Balaban J connectivity index is 1.58. The Bertz CT molecular complexity index is 1400. The SMILES string of the molecule is Cc1noc(C)c1S(=O)(=O)N1CC(=O)N(c2cc(-c3ccccc3)sc2C(=O)O)C(C2CCCCC2)C1. The van der Waals surface area contributed by atoms with Crippen LogP contribution >= 0.6 is 11.3 Å². The lowest BCUT2D eigenvalue weighted by atomic mass is 9.82. The first-order valence-electron chi connectivity index (χ1n) is 12.4. The third-order valence-corrected chi connectivity index (χ3v) is 10.5. The molecule has 1 unspecified atom stereocenters. The van der Waals surface area contributed by atoms with Gasteiger partial charge in [0.15, 0.2) is 5.76 Å². The number of aryl methyl sites for hydroxylation is 2. The van der Waals surface area contributed by atoms with Crippen LogP contribution in [0.25, 0.3) is 10.4 Å². The average Bonchev–Trinajstić information content (AvgIpc) is 3.48. The van der Waals surface area contributed by atoms with Crippen LogP contribution in [0, 0.1) is 19.8 Å². The van der Waals surface area contributed by atoms with Gasteiger partial charge in [0.05, 0.1) is 18.3 Å². The van der Waals surface area contributed by atoms with Crippen molar-refractivity contribution in [2.75, 3.05) is 18.0 Å². The summed E-state index contributed by atoms with van der Waals surface area (Å²) in [7, 11) is -4.04. The molecule has 3 aromatic rings. The van der Waals surface area contributed by atoms with Crippen LogP contribution < -0.4 is 4.90 Å². The Morgan fingerprint density at radius 3 is 2.46 bits per heavy atom. The normalized spacial score (nSPS) is 19.9. The van der Waals surface area contributed by atoms with E-state index in [2.05, 4.69) is 5.16 Å². The lowest BCUT2D eigenvalue weighted by Crippen LogP contribution is -2.60.